The molecule has 4 aromatic heterocycles. The van der Waals surface area contributed by atoms with Gasteiger partial charge < -0.3 is 10.2 Å². The van der Waals surface area contributed by atoms with Crippen LogP contribution in [0.25, 0.3) is 17.0 Å². The molecule has 0 saturated carbocycles. The average molecular weight is 486 g/mol. The average Bonchev–Trinajstić information content (AvgIpc) is 3.24. The molecule has 0 bridgehead atoms. The molecule has 1 aliphatic rings. The Morgan fingerprint density at radius 1 is 1.03 bits per heavy atom. The summed E-state index contributed by atoms with van der Waals surface area (Å²) < 4.78 is 55.6. The van der Waals surface area contributed by atoms with Gasteiger partial charge in [-0.1, -0.05) is 6.07 Å². The molecule has 0 aromatic carbocycles. The number of fused-ring (bicyclic) bond motifs is 1. The van der Waals surface area contributed by atoms with E-state index in [1.807, 2.05) is 6.07 Å². The van der Waals surface area contributed by atoms with E-state index in [9.17, 15) is 17.6 Å². The van der Waals surface area contributed by atoms with Gasteiger partial charge in [-0.05, 0) is 36.9 Å². The number of piperazine rings is 1. The van der Waals surface area contributed by atoms with Crippen molar-refractivity contribution in [3.8, 4) is 11.5 Å². The molecule has 12 heteroatoms. The summed E-state index contributed by atoms with van der Waals surface area (Å²) in [5, 5.41) is 7.40. The SMILES string of the molecule is CN1CCN(Cc2ccn3nc(-c4cccc(C(F)(F)F)n4)nc(Nc4ccncc4F)c23)CC1. The van der Waals surface area contributed by atoms with E-state index in [0.29, 0.717) is 12.1 Å². The fourth-order valence-electron chi connectivity index (χ4n) is 3.98. The third-order valence-electron chi connectivity index (χ3n) is 5.88. The zero-order valence-corrected chi connectivity index (χ0v) is 18.8. The van der Waals surface area contributed by atoms with Crippen molar-refractivity contribution in [2.24, 2.45) is 0 Å². The van der Waals surface area contributed by atoms with Crippen LogP contribution in [0, 0.1) is 5.82 Å². The minimum absolute atomic E-state index is 0.0256. The Bertz CT molecular complexity index is 1350. The summed E-state index contributed by atoms with van der Waals surface area (Å²) in [6.45, 7) is 4.30. The lowest BCUT2D eigenvalue weighted by Gasteiger charge is -2.32. The second-order valence-corrected chi connectivity index (χ2v) is 8.38. The number of alkyl halides is 3. The molecule has 4 aromatic rings. The van der Waals surface area contributed by atoms with Crippen molar-refractivity contribution in [2.45, 2.75) is 12.7 Å². The number of nitrogens with one attached hydrogen (secondary N) is 1. The maximum Gasteiger partial charge on any atom is 0.433 e. The highest BCUT2D eigenvalue weighted by Crippen LogP contribution is 2.31. The lowest BCUT2D eigenvalue weighted by atomic mass is 10.2. The molecule has 0 atom stereocenters. The number of halogens is 4. The van der Waals surface area contributed by atoms with E-state index in [-0.39, 0.29) is 23.0 Å². The highest BCUT2D eigenvalue weighted by Gasteiger charge is 2.33. The van der Waals surface area contributed by atoms with Crippen LogP contribution in [0.15, 0.2) is 48.9 Å². The summed E-state index contributed by atoms with van der Waals surface area (Å²) in [5.74, 6) is -0.356. The van der Waals surface area contributed by atoms with Crippen LogP contribution in [0.3, 0.4) is 0 Å². The molecule has 1 N–H and O–H groups in total. The van der Waals surface area contributed by atoms with Gasteiger partial charge >= 0.3 is 6.18 Å². The fraction of sp³-hybridized carbons (Fsp3) is 0.304. The van der Waals surface area contributed by atoms with Crippen LogP contribution >= 0.6 is 0 Å². The van der Waals surface area contributed by atoms with Crippen LogP contribution in [0.4, 0.5) is 29.1 Å². The number of anilines is 2. The zero-order valence-electron chi connectivity index (χ0n) is 18.8. The third-order valence-corrected chi connectivity index (χ3v) is 5.88. The van der Waals surface area contributed by atoms with Crippen molar-refractivity contribution in [2.75, 3.05) is 38.5 Å². The summed E-state index contributed by atoms with van der Waals surface area (Å²) in [7, 11) is 2.08. The normalized spacial score (nSPS) is 15.6. The molecule has 8 nitrogen and oxygen atoms in total. The van der Waals surface area contributed by atoms with Crippen molar-refractivity contribution in [1.82, 2.24) is 34.4 Å². The van der Waals surface area contributed by atoms with Crippen LogP contribution in [-0.4, -0.2) is 67.6 Å². The third kappa shape index (κ3) is 4.93. The Morgan fingerprint density at radius 3 is 2.57 bits per heavy atom. The van der Waals surface area contributed by atoms with Crippen LogP contribution in [0.2, 0.25) is 0 Å². The molecule has 35 heavy (non-hydrogen) atoms. The number of likely N-dealkylation sites (N-methyl/N-ethyl adjacent to an activating group) is 1. The molecule has 5 rings (SSSR count). The van der Waals surface area contributed by atoms with Crippen molar-refractivity contribution in [3.05, 3.63) is 66.0 Å². The second-order valence-electron chi connectivity index (χ2n) is 8.38. The van der Waals surface area contributed by atoms with Gasteiger partial charge in [0.15, 0.2) is 11.6 Å². The summed E-state index contributed by atoms with van der Waals surface area (Å²) in [6.07, 6.45) is -0.389. The van der Waals surface area contributed by atoms with Gasteiger partial charge in [0.2, 0.25) is 5.82 Å². The van der Waals surface area contributed by atoms with Crippen LogP contribution in [0.5, 0.6) is 0 Å². The van der Waals surface area contributed by atoms with E-state index >= 15 is 0 Å². The number of rotatable bonds is 5. The number of nitrogens with zero attached hydrogens (tertiary/aromatic N) is 7. The first-order chi connectivity index (χ1) is 16.8. The van der Waals surface area contributed by atoms with Gasteiger partial charge in [0.1, 0.15) is 16.9 Å². The lowest BCUT2D eigenvalue weighted by molar-refractivity contribution is -0.141. The summed E-state index contributed by atoms with van der Waals surface area (Å²) >= 11 is 0. The van der Waals surface area contributed by atoms with Crippen molar-refractivity contribution < 1.29 is 17.6 Å². The van der Waals surface area contributed by atoms with Gasteiger partial charge in [-0.25, -0.2) is 18.9 Å². The van der Waals surface area contributed by atoms with Gasteiger partial charge in [0, 0.05) is 45.1 Å². The van der Waals surface area contributed by atoms with Gasteiger partial charge in [-0.2, -0.15) is 13.2 Å². The maximum atomic E-state index is 14.4. The molecule has 0 amide bonds. The first-order valence-corrected chi connectivity index (χ1v) is 11.0. The zero-order chi connectivity index (χ0) is 24.6. The van der Waals surface area contributed by atoms with Crippen LogP contribution < -0.4 is 5.32 Å². The minimum Gasteiger partial charge on any atom is -0.336 e. The smallest absolute Gasteiger partial charge is 0.336 e. The monoisotopic (exact) mass is 486 g/mol. The Hall–Kier alpha value is -3.64. The summed E-state index contributed by atoms with van der Waals surface area (Å²) in [4.78, 5) is 16.5. The van der Waals surface area contributed by atoms with Crippen molar-refractivity contribution in [3.63, 3.8) is 0 Å². The minimum atomic E-state index is -4.61. The molecule has 0 unspecified atom stereocenters. The Morgan fingerprint density at radius 2 is 1.83 bits per heavy atom. The summed E-state index contributed by atoms with van der Waals surface area (Å²) in [5.41, 5.74) is 0.562. The Kier molecular flexibility index (Phi) is 6.07. The molecule has 0 aliphatic carbocycles. The molecule has 0 radical (unpaired) electrons. The van der Waals surface area contributed by atoms with E-state index in [0.717, 1.165) is 44.0 Å². The molecule has 0 spiro atoms. The van der Waals surface area contributed by atoms with E-state index in [4.69, 9.17) is 0 Å². The van der Waals surface area contributed by atoms with E-state index in [2.05, 4.69) is 42.2 Å². The molecule has 1 saturated heterocycles. The number of hydrogen-bond donors (Lipinski definition) is 1. The highest BCUT2D eigenvalue weighted by atomic mass is 19.4. The molecular weight excluding hydrogens is 464 g/mol. The quantitative estimate of drug-likeness (QED) is 0.430. The van der Waals surface area contributed by atoms with Crippen molar-refractivity contribution >= 4 is 17.0 Å². The van der Waals surface area contributed by atoms with Crippen LogP contribution in [-0.2, 0) is 12.7 Å². The highest BCUT2D eigenvalue weighted by molar-refractivity contribution is 5.78. The molecule has 5 heterocycles. The fourth-order valence-corrected chi connectivity index (χ4v) is 3.98. The molecule has 182 valence electrons. The van der Waals surface area contributed by atoms with Gasteiger partial charge in [-0.15, -0.1) is 5.10 Å². The first kappa shape index (κ1) is 23.1. The molecule has 1 aliphatic heterocycles. The first-order valence-electron chi connectivity index (χ1n) is 11.0. The van der Waals surface area contributed by atoms with E-state index in [1.54, 1.807) is 6.20 Å². The standard InChI is InChI=1S/C23H22F4N8/c1-33-9-11-34(12-10-33)14-15-6-8-35-20(15)22(30-17-5-7-28-13-16(17)24)31-21(32-35)18-3-2-4-19(29-18)23(25,26)27/h2-8,13H,9-12,14H2,1H3,(H,28,30,31,32). The molecule has 1 fully saturated rings. The molecular formula is C23H22F4N8. The maximum absolute atomic E-state index is 14.4. The van der Waals surface area contributed by atoms with Crippen molar-refractivity contribution in [1.29, 1.82) is 0 Å². The predicted octanol–water partition coefficient (Wildman–Crippen LogP) is 3.84. The summed E-state index contributed by atoms with van der Waals surface area (Å²) in [6, 6.07) is 6.89. The number of hydrogen-bond acceptors (Lipinski definition) is 7. The topological polar surface area (TPSA) is 74.5 Å². The largest absolute Gasteiger partial charge is 0.433 e. The number of pyridine rings is 2. The predicted molar refractivity (Wildman–Crippen MR) is 121 cm³/mol. The Labute approximate surface area is 198 Å². The van der Waals surface area contributed by atoms with E-state index in [1.165, 1.54) is 28.9 Å². The lowest BCUT2D eigenvalue weighted by Crippen LogP contribution is -2.43. The van der Waals surface area contributed by atoms with Gasteiger partial charge in [0.05, 0.1) is 11.9 Å². The Balaban J connectivity index is 1.59. The number of aromatic nitrogens is 5. The second kappa shape index (κ2) is 9.19. The van der Waals surface area contributed by atoms with Gasteiger partial charge in [0.25, 0.3) is 0 Å². The van der Waals surface area contributed by atoms with Gasteiger partial charge in [-0.3, -0.25) is 9.88 Å². The van der Waals surface area contributed by atoms with Crippen LogP contribution in [0.1, 0.15) is 11.3 Å². The van der Waals surface area contributed by atoms with E-state index < -0.39 is 17.7 Å².